The summed E-state index contributed by atoms with van der Waals surface area (Å²) in [4.78, 5) is 17.1. The van der Waals surface area contributed by atoms with E-state index in [4.69, 9.17) is 16.3 Å². The third-order valence-corrected chi connectivity index (χ3v) is 3.61. The second-order valence-corrected chi connectivity index (χ2v) is 5.14. The normalized spacial score (nSPS) is 30.0. The molecule has 0 aromatic carbocycles. The molecule has 5 nitrogen and oxygen atoms in total. The van der Waals surface area contributed by atoms with Gasteiger partial charge in [-0.3, -0.25) is 4.90 Å². The Morgan fingerprint density at radius 2 is 2.37 bits per heavy atom. The highest BCUT2D eigenvalue weighted by molar-refractivity contribution is 6.29. The van der Waals surface area contributed by atoms with Gasteiger partial charge in [0.05, 0.1) is 6.10 Å². The Balaban J connectivity index is 2.22. The van der Waals surface area contributed by atoms with Crippen LogP contribution in [0.15, 0.2) is 18.3 Å². The van der Waals surface area contributed by atoms with Crippen LogP contribution < -0.4 is 0 Å². The molecule has 1 N–H and O–H groups in total. The number of ether oxygens (including phenoxy) is 1. The van der Waals surface area contributed by atoms with Gasteiger partial charge in [-0.15, -0.1) is 0 Å². The minimum atomic E-state index is -1.09. The summed E-state index contributed by atoms with van der Waals surface area (Å²) in [7, 11) is 0. The van der Waals surface area contributed by atoms with Gasteiger partial charge in [0.15, 0.2) is 6.29 Å². The number of hydrogen-bond donors (Lipinski definition) is 1. The van der Waals surface area contributed by atoms with Gasteiger partial charge < -0.3 is 14.6 Å². The maximum Gasteiger partial charge on any atom is 0.177 e. The first-order valence-electron chi connectivity index (χ1n) is 6.19. The van der Waals surface area contributed by atoms with Crippen LogP contribution >= 0.6 is 11.6 Å². The number of aliphatic hydroxyl groups is 1. The van der Waals surface area contributed by atoms with Crippen LogP contribution in [-0.2, 0) is 9.53 Å². The van der Waals surface area contributed by atoms with E-state index < -0.39 is 12.3 Å². The monoisotopic (exact) mass is 284 g/mol. The number of aliphatic hydroxyl groups excluding tert-OH is 1. The lowest BCUT2D eigenvalue weighted by Crippen LogP contribution is -2.55. The average Bonchev–Trinajstić information content (AvgIpc) is 2.38. The van der Waals surface area contributed by atoms with E-state index in [1.807, 2.05) is 24.8 Å². The molecule has 1 saturated heterocycles. The van der Waals surface area contributed by atoms with Crippen molar-refractivity contribution in [3.63, 3.8) is 0 Å². The molecule has 19 heavy (non-hydrogen) atoms. The smallest absolute Gasteiger partial charge is 0.177 e. The zero-order valence-electron chi connectivity index (χ0n) is 10.9. The molecule has 104 valence electrons. The number of pyridine rings is 1. The van der Waals surface area contributed by atoms with Gasteiger partial charge in [0.2, 0.25) is 0 Å². The summed E-state index contributed by atoms with van der Waals surface area (Å²) >= 11 is 5.76. The number of hydrogen-bond acceptors (Lipinski definition) is 5. The fourth-order valence-electron chi connectivity index (χ4n) is 2.33. The van der Waals surface area contributed by atoms with Crippen molar-refractivity contribution in [1.82, 2.24) is 9.88 Å². The molecule has 1 fully saturated rings. The summed E-state index contributed by atoms with van der Waals surface area (Å²) in [6.45, 7) is 4.40. The van der Waals surface area contributed by atoms with Crippen molar-refractivity contribution in [2.24, 2.45) is 0 Å². The van der Waals surface area contributed by atoms with E-state index in [9.17, 15) is 9.90 Å². The number of halogens is 1. The standard InChI is InChI=1S/C13H17ClN2O3/c1-8-6-16(11(7-17)13(18)19-8)9(2)10-3-4-12(14)15-5-10/h3-5,7-9,11,13,18H,6H2,1-2H3. The van der Waals surface area contributed by atoms with Crippen molar-refractivity contribution in [2.75, 3.05) is 6.54 Å². The molecule has 0 bridgehead atoms. The Hall–Kier alpha value is -1.01. The molecular weight excluding hydrogens is 268 g/mol. The summed E-state index contributed by atoms with van der Waals surface area (Å²) in [6.07, 6.45) is 1.18. The van der Waals surface area contributed by atoms with E-state index in [-0.39, 0.29) is 12.1 Å². The van der Waals surface area contributed by atoms with Crippen LogP contribution in [0.5, 0.6) is 0 Å². The number of morpholine rings is 1. The maximum atomic E-state index is 11.2. The van der Waals surface area contributed by atoms with Crippen LogP contribution in [0, 0.1) is 0 Å². The summed E-state index contributed by atoms with van der Waals surface area (Å²) < 4.78 is 5.27. The molecular formula is C13H17ClN2O3. The van der Waals surface area contributed by atoms with Crippen molar-refractivity contribution in [1.29, 1.82) is 0 Å². The van der Waals surface area contributed by atoms with Crippen LogP contribution in [0.25, 0.3) is 0 Å². The minimum Gasteiger partial charge on any atom is -0.366 e. The Kier molecular flexibility index (Phi) is 4.52. The van der Waals surface area contributed by atoms with Crippen LogP contribution in [0.4, 0.5) is 0 Å². The van der Waals surface area contributed by atoms with Crippen molar-refractivity contribution in [3.8, 4) is 0 Å². The van der Waals surface area contributed by atoms with E-state index >= 15 is 0 Å². The average molecular weight is 285 g/mol. The number of aldehydes is 1. The van der Waals surface area contributed by atoms with Crippen LogP contribution in [0.3, 0.4) is 0 Å². The molecule has 0 radical (unpaired) electrons. The summed E-state index contributed by atoms with van der Waals surface area (Å²) in [5.74, 6) is 0. The fourth-order valence-corrected chi connectivity index (χ4v) is 2.44. The third-order valence-electron chi connectivity index (χ3n) is 3.38. The zero-order valence-corrected chi connectivity index (χ0v) is 11.6. The topological polar surface area (TPSA) is 62.7 Å². The first-order chi connectivity index (χ1) is 9.02. The van der Waals surface area contributed by atoms with E-state index in [1.54, 1.807) is 12.3 Å². The predicted octanol–water partition coefficient (Wildman–Crippen LogP) is 1.40. The SMILES string of the molecule is CC1CN(C(C)c2ccc(Cl)nc2)C(C=O)C(O)O1. The first kappa shape index (κ1) is 14.4. The van der Waals surface area contributed by atoms with Gasteiger partial charge in [0, 0.05) is 18.8 Å². The Labute approximate surface area is 117 Å². The van der Waals surface area contributed by atoms with Crippen LogP contribution in [-0.4, -0.2) is 46.3 Å². The van der Waals surface area contributed by atoms with Crippen LogP contribution in [0.2, 0.25) is 5.15 Å². The molecule has 0 amide bonds. The Morgan fingerprint density at radius 1 is 1.63 bits per heavy atom. The number of rotatable bonds is 3. The van der Waals surface area contributed by atoms with E-state index in [2.05, 4.69) is 4.98 Å². The molecule has 6 heteroatoms. The molecule has 1 aromatic rings. The molecule has 4 unspecified atom stereocenters. The molecule has 0 saturated carbocycles. The molecule has 0 aliphatic carbocycles. The lowest BCUT2D eigenvalue weighted by atomic mass is 10.0. The fraction of sp³-hybridized carbons (Fsp3) is 0.538. The van der Waals surface area contributed by atoms with Gasteiger partial charge >= 0.3 is 0 Å². The van der Waals surface area contributed by atoms with E-state index in [0.29, 0.717) is 11.7 Å². The van der Waals surface area contributed by atoms with E-state index in [0.717, 1.165) is 11.8 Å². The van der Waals surface area contributed by atoms with Gasteiger partial charge in [-0.2, -0.15) is 0 Å². The number of carbonyl (C=O) groups excluding carboxylic acids is 1. The zero-order chi connectivity index (χ0) is 14.0. The number of aromatic nitrogens is 1. The predicted molar refractivity (Wildman–Crippen MR) is 70.8 cm³/mol. The third kappa shape index (κ3) is 3.12. The first-order valence-corrected chi connectivity index (χ1v) is 6.56. The van der Waals surface area contributed by atoms with Gasteiger partial charge in [-0.25, -0.2) is 4.98 Å². The van der Waals surface area contributed by atoms with Crippen molar-refractivity contribution in [2.45, 2.75) is 38.3 Å². The molecule has 1 aliphatic rings. The minimum absolute atomic E-state index is 0.0547. The van der Waals surface area contributed by atoms with Crippen molar-refractivity contribution >= 4 is 17.9 Å². The lowest BCUT2D eigenvalue weighted by Gasteiger charge is -2.42. The molecule has 1 aliphatic heterocycles. The second-order valence-electron chi connectivity index (χ2n) is 4.75. The molecule has 1 aromatic heterocycles. The summed E-state index contributed by atoms with van der Waals surface area (Å²) in [5, 5.41) is 10.2. The van der Waals surface area contributed by atoms with Crippen molar-refractivity contribution in [3.05, 3.63) is 29.0 Å². The second kappa shape index (κ2) is 5.96. The summed E-state index contributed by atoms with van der Waals surface area (Å²) in [5.41, 5.74) is 0.942. The molecule has 2 heterocycles. The molecule has 0 spiro atoms. The van der Waals surface area contributed by atoms with Gasteiger partial charge in [0.1, 0.15) is 17.5 Å². The molecule has 2 rings (SSSR count). The van der Waals surface area contributed by atoms with Gasteiger partial charge in [-0.1, -0.05) is 17.7 Å². The molecule has 4 atom stereocenters. The Morgan fingerprint density at radius 3 is 2.95 bits per heavy atom. The number of carbonyl (C=O) groups is 1. The van der Waals surface area contributed by atoms with Crippen molar-refractivity contribution < 1.29 is 14.6 Å². The van der Waals surface area contributed by atoms with Gasteiger partial charge in [0.25, 0.3) is 0 Å². The number of nitrogens with zero attached hydrogens (tertiary/aromatic N) is 2. The van der Waals surface area contributed by atoms with Gasteiger partial charge in [-0.05, 0) is 25.5 Å². The maximum absolute atomic E-state index is 11.2. The quantitative estimate of drug-likeness (QED) is 0.671. The summed E-state index contributed by atoms with van der Waals surface area (Å²) in [6, 6.07) is 2.86. The Bertz CT molecular complexity index is 440. The highest BCUT2D eigenvalue weighted by Crippen LogP contribution is 2.27. The largest absolute Gasteiger partial charge is 0.366 e. The highest BCUT2D eigenvalue weighted by Gasteiger charge is 2.37. The van der Waals surface area contributed by atoms with Crippen LogP contribution in [0.1, 0.15) is 25.5 Å². The highest BCUT2D eigenvalue weighted by atomic mass is 35.5. The van der Waals surface area contributed by atoms with E-state index in [1.165, 1.54) is 0 Å². The lowest BCUT2D eigenvalue weighted by molar-refractivity contribution is -0.209.